The molecule has 0 saturated carbocycles. The second-order valence-electron chi connectivity index (χ2n) is 4.23. The molecular formula is C10H18N6O2S. The minimum Gasteiger partial charge on any atom is -0.301 e. The first kappa shape index (κ1) is 14.1. The molecule has 9 heteroatoms. The molecule has 0 aliphatic carbocycles. The molecule has 0 atom stereocenters. The number of hydrazine groups is 1. The summed E-state index contributed by atoms with van der Waals surface area (Å²) in [6.45, 7) is 5.49. The lowest BCUT2D eigenvalue weighted by Crippen LogP contribution is -2.48. The van der Waals surface area contributed by atoms with E-state index in [1.807, 2.05) is 0 Å². The van der Waals surface area contributed by atoms with Gasteiger partial charge in [0.15, 0.2) is 0 Å². The smallest absolute Gasteiger partial charge is 0.246 e. The molecule has 0 unspecified atom stereocenters. The molecule has 1 saturated heterocycles. The van der Waals surface area contributed by atoms with E-state index >= 15 is 0 Å². The number of anilines is 1. The number of aromatic nitrogens is 2. The number of likely N-dealkylation sites (N-methyl/N-ethyl adjacent to an activating group) is 1. The molecular weight excluding hydrogens is 268 g/mol. The Balaban J connectivity index is 2.13. The van der Waals surface area contributed by atoms with Crippen LogP contribution in [0.5, 0.6) is 0 Å². The van der Waals surface area contributed by atoms with Crippen LogP contribution in [0.2, 0.25) is 0 Å². The normalized spacial score (nSPS) is 18.4. The molecule has 0 bridgehead atoms. The van der Waals surface area contributed by atoms with Crippen LogP contribution < -0.4 is 11.3 Å². The Kier molecular flexibility index (Phi) is 4.30. The lowest BCUT2D eigenvalue weighted by atomic mass is 10.4. The Bertz CT molecular complexity index is 509. The van der Waals surface area contributed by atoms with Gasteiger partial charge in [-0.3, -0.25) is 5.43 Å². The topological polar surface area (TPSA) is 104 Å². The second-order valence-corrected chi connectivity index (χ2v) is 6.16. The molecule has 0 spiro atoms. The number of rotatable bonds is 4. The molecule has 1 fully saturated rings. The molecule has 2 rings (SSSR count). The summed E-state index contributed by atoms with van der Waals surface area (Å²) in [6.07, 6.45) is 2.54. The van der Waals surface area contributed by atoms with E-state index in [9.17, 15) is 8.42 Å². The summed E-state index contributed by atoms with van der Waals surface area (Å²) in [5.74, 6) is 5.33. The first-order chi connectivity index (χ1) is 9.07. The van der Waals surface area contributed by atoms with Crippen molar-refractivity contribution in [2.45, 2.75) is 11.8 Å². The maximum atomic E-state index is 12.4. The number of piperazine rings is 1. The van der Waals surface area contributed by atoms with Crippen LogP contribution in [0.25, 0.3) is 0 Å². The molecule has 1 aliphatic heterocycles. The zero-order chi connectivity index (χ0) is 13.9. The summed E-state index contributed by atoms with van der Waals surface area (Å²) < 4.78 is 26.2. The van der Waals surface area contributed by atoms with E-state index in [0.29, 0.717) is 13.1 Å². The number of nitrogens with one attached hydrogen (secondary N) is 1. The van der Waals surface area contributed by atoms with Gasteiger partial charge in [0.05, 0.1) is 12.4 Å². The van der Waals surface area contributed by atoms with Crippen molar-refractivity contribution in [3.8, 4) is 0 Å². The number of sulfonamides is 1. The SMILES string of the molecule is CCN1CCN(S(=O)(=O)c2cnc(NN)nc2)CC1. The Hall–Kier alpha value is -1.29. The highest BCUT2D eigenvalue weighted by molar-refractivity contribution is 7.89. The quantitative estimate of drug-likeness (QED) is 0.545. The van der Waals surface area contributed by atoms with Gasteiger partial charge < -0.3 is 4.90 Å². The van der Waals surface area contributed by atoms with Crippen LogP contribution in [0.3, 0.4) is 0 Å². The van der Waals surface area contributed by atoms with Crippen LogP contribution in [0.1, 0.15) is 6.92 Å². The van der Waals surface area contributed by atoms with E-state index < -0.39 is 10.0 Å². The molecule has 1 aliphatic rings. The summed E-state index contributed by atoms with van der Waals surface area (Å²) in [5, 5.41) is 0. The van der Waals surface area contributed by atoms with Gasteiger partial charge in [-0.15, -0.1) is 0 Å². The molecule has 106 valence electrons. The van der Waals surface area contributed by atoms with Crippen molar-refractivity contribution in [1.82, 2.24) is 19.2 Å². The zero-order valence-corrected chi connectivity index (χ0v) is 11.6. The Morgan fingerprint density at radius 1 is 1.26 bits per heavy atom. The Morgan fingerprint density at radius 2 is 1.84 bits per heavy atom. The predicted octanol–water partition coefficient (Wildman–Crippen LogP) is -0.912. The van der Waals surface area contributed by atoms with Crippen molar-refractivity contribution in [3.63, 3.8) is 0 Å². The third-order valence-corrected chi connectivity index (χ3v) is 5.03. The van der Waals surface area contributed by atoms with E-state index in [1.165, 1.54) is 16.7 Å². The minimum atomic E-state index is -3.51. The average Bonchev–Trinajstić information content (AvgIpc) is 2.47. The number of hydrogen-bond donors (Lipinski definition) is 2. The van der Waals surface area contributed by atoms with E-state index in [4.69, 9.17) is 5.84 Å². The molecule has 2 heterocycles. The van der Waals surface area contributed by atoms with Crippen molar-refractivity contribution in [3.05, 3.63) is 12.4 Å². The van der Waals surface area contributed by atoms with Gasteiger partial charge in [0.25, 0.3) is 0 Å². The van der Waals surface area contributed by atoms with Gasteiger partial charge in [0, 0.05) is 26.2 Å². The van der Waals surface area contributed by atoms with Crippen LogP contribution in [-0.4, -0.2) is 60.3 Å². The lowest BCUT2D eigenvalue weighted by molar-refractivity contribution is 0.196. The fourth-order valence-corrected chi connectivity index (χ4v) is 3.27. The zero-order valence-electron chi connectivity index (χ0n) is 10.8. The van der Waals surface area contributed by atoms with Crippen LogP contribution in [0, 0.1) is 0 Å². The third-order valence-electron chi connectivity index (χ3n) is 3.17. The predicted molar refractivity (Wildman–Crippen MR) is 70.7 cm³/mol. The minimum absolute atomic E-state index is 0.0939. The largest absolute Gasteiger partial charge is 0.301 e. The Labute approximate surface area is 112 Å². The van der Waals surface area contributed by atoms with Gasteiger partial charge in [-0.05, 0) is 6.54 Å². The van der Waals surface area contributed by atoms with Gasteiger partial charge in [-0.2, -0.15) is 4.31 Å². The van der Waals surface area contributed by atoms with E-state index in [0.717, 1.165) is 19.6 Å². The molecule has 8 nitrogen and oxygen atoms in total. The van der Waals surface area contributed by atoms with Crippen molar-refractivity contribution < 1.29 is 8.42 Å². The summed E-state index contributed by atoms with van der Waals surface area (Å²) in [6, 6.07) is 0. The summed E-state index contributed by atoms with van der Waals surface area (Å²) in [7, 11) is -3.51. The van der Waals surface area contributed by atoms with Crippen molar-refractivity contribution in [1.29, 1.82) is 0 Å². The van der Waals surface area contributed by atoms with E-state index in [1.54, 1.807) is 0 Å². The van der Waals surface area contributed by atoms with Crippen molar-refractivity contribution in [2.24, 2.45) is 5.84 Å². The molecule has 19 heavy (non-hydrogen) atoms. The molecule has 0 radical (unpaired) electrons. The van der Waals surface area contributed by atoms with Gasteiger partial charge >= 0.3 is 0 Å². The van der Waals surface area contributed by atoms with Gasteiger partial charge in [-0.25, -0.2) is 24.2 Å². The van der Waals surface area contributed by atoms with E-state index in [2.05, 4.69) is 27.2 Å². The van der Waals surface area contributed by atoms with Crippen LogP contribution in [-0.2, 0) is 10.0 Å². The monoisotopic (exact) mass is 286 g/mol. The molecule has 1 aromatic heterocycles. The molecule has 1 aromatic rings. The molecule has 0 aromatic carbocycles. The number of nitrogens with two attached hydrogens (primary N) is 1. The van der Waals surface area contributed by atoms with Crippen LogP contribution in [0.4, 0.5) is 5.95 Å². The second kappa shape index (κ2) is 5.78. The third kappa shape index (κ3) is 3.00. The molecule has 3 N–H and O–H groups in total. The fourth-order valence-electron chi connectivity index (χ4n) is 1.96. The van der Waals surface area contributed by atoms with Gasteiger partial charge in [0.2, 0.25) is 16.0 Å². The fraction of sp³-hybridized carbons (Fsp3) is 0.600. The van der Waals surface area contributed by atoms with Crippen LogP contribution >= 0.6 is 0 Å². The highest BCUT2D eigenvalue weighted by Gasteiger charge is 2.28. The maximum absolute atomic E-state index is 12.4. The molecule has 0 amide bonds. The number of hydrogen-bond acceptors (Lipinski definition) is 7. The summed E-state index contributed by atoms with van der Waals surface area (Å²) >= 11 is 0. The van der Waals surface area contributed by atoms with Gasteiger partial charge in [-0.1, -0.05) is 6.92 Å². The van der Waals surface area contributed by atoms with E-state index in [-0.39, 0.29) is 10.8 Å². The Morgan fingerprint density at radius 3 is 2.32 bits per heavy atom. The van der Waals surface area contributed by atoms with Crippen LogP contribution in [0.15, 0.2) is 17.3 Å². The highest BCUT2D eigenvalue weighted by Crippen LogP contribution is 2.16. The van der Waals surface area contributed by atoms with Gasteiger partial charge in [0.1, 0.15) is 4.90 Å². The first-order valence-corrected chi connectivity index (χ1v) is 7.53. The number of nitrogen functional groups attached to an aromatic ring is 1. The maximum Gasteiger partial charge on any atom is 0.246 e. The standard InChI is InChI=1S/C10H18N6O2S/c1-2-15-3-5-16(6-4-15)19(17,18)9-7-12-10(14-11)13-8-9/h7-8H,2-6,11H2,1H3,(H,12,13,14). The summed E-state index contributed by atoms with van der Waals surface area (Å²) in [4.78, 5) is 9.96. The summed E-state index contributed by atoms with van der Waals surface area (Å²) in [5.41, 5.74) is 2.26. The number of nitrogens with zero attached hydrogens (tertiary/aromatic N) is 4. The van der Waals surface area contributed by atoms with Crippen molar-refractivity contribution in [2.75, 3.05) is 38.1 Å². The van der Waals surface area contributed by atoms with Crippen molar-refractivity contribution >= 4 is 16.0 Å². The lowest BCUT2D eigenvalue weighted by Gasteiger charge is -2.33. The average molecular weight is 286 g/mol. The highest BCUT2D eigenvalue weighted by atomic mass is 32.2. The first-order valence-electron chi connectivity index (χ1n) is 6.09.